The van der Waals surface area contributed by atoms with Crippen molar-refractivity contribution in [2.24, 2.45) is 7.05 Å². The molecule has 0 fully saturated rings. The van der Waals surface area contributed by atoms with Crippen LogP contribution in [0.3, 0.4) is 0 Å². The average Bonchev–Trinajstić information content (AvgIpc) is 2.85. The van der Waals surface area contributed by atoms with Gasteiger partial charge in [-0.3, -0.25) is 0 Å². The molecule has 1 N–H and O–H groups in total. The Labute approximate surface area is 118 Å². The first-order chi connectivity index (χ1) is 9.74. The number of ether oxygens (including phenoxy) is 2. The van der Waals surface area contributed by atoms with E-state index in [0.717, 1.165) is 23.0 Å². The van der Waals surface area contributed by atoms with Gasteiger partial charge >= 0.3 is 0 Å². The minimum atomic E-state index is 0.611. The molecule has 108 valence electrons. The average molecular weight is 276 g/mol. The summed E-state index contributed by atoms with van der Waals surface area (Å²) in [5.41, 5.74) is 1.10. The van der Waals surface area contributed by atoms with Gasteiger partial charge in [-0.15, -0.1) is 10.2 Å². The lowest BCUT2D eigenvalue weighted by Crippen LogP contribution is -2.05. The Bertz CT molecular complexity index is 554. The number of benzene rings is 1. The minimum absolute atomic E-state index is 0.611. The first-order valence-electron chi connectivity index (χ1n) is 6.71. The van der Waals surface area contributed by atoms with E-state index in [1.807, 2.05) is 43.7 Å². The number of anilines is 1. The standard InChI is InChI=1S/C14H20N4O2/c1-4-19-12-7-6-11(8-13(12)20-5-2)9-15-14-17-16-10-18(14)3/h6-8,10H,4-5,9H2,1-3H3,(H,15,17). The van der Waals surface area contributed by atoms with E-state index in [1.54, 1.807) is 6.33 Å². The van der Waals surface area contributed by atoms with Crippen LogP contribution in [0.15, 0.2) is 24.5 Å². The quantitative estimate of drug-likeness (QED) is 0.840. The van der Waals surface area contributed by atoms with E-state index < -0.39 is 0 Å². The highest BCUT2D eigenvalue weighted by molar-refractivity contribution is 5.44. The molecule has 6 heteroatoms. The third kappa shape index (κ3) is 3.40. The van der Waals surface area contributed by atoms with Crippen LogP contribution in [0.25, 0.3) is 0 Å². The van der Waals surface area contributed by atoms with Crippen LogP contribution < -0.4 is 14.8 Å². The van der Waals surface area contributed by atoms with Crippen molar-refractivity contribution in [3.05, 3.63) is 30.1 Å². The molecule has 0 radical (unpaired) electrons. The van der Waals surface area contributed by atoms with Gasteiger partial charge in [-0.1, -0.05) is 6.07 Å². The first kappa shape index (κ1) is 14.2. The van der Waals surface area contributed by atoms with Crippen LogP contribution >= 0.6 is 0 Å². The predicted octanol–water partition coefficient (Wildman–Crippen LogP) is 2.22. The lowest BCUT2D eigenvalue weighted by Gasteiger charge is -2.12. The fraction of sp³-hybridized carbons (Fsp3) is 0.429. The summed E-state index contributed by atoms with van der Waals surface area (Å²) < 4.78 is 13.0. The molecule has 0 amide bonds. The molecule has 1 aromatic carbocycles. The summed E-state index contributed by atoms with van der Waals surface area (Å²) in [5, 5.41) is 11.0. The fourth-order valence-electron chi connectivity index (χ4n) is 1.83. The molecule has 0 saturated heterocycles. The van der Waals surface area contributed by atoms with Gasteiger partial charge < -0.3 is 19.4 Å². The second kappa shape index (κ2) is 6.79. The highest BCUT2D eigenvalue weighted by Crippen LogP contribution is 2.28. The maximum Gasteiger partial charge on any atom is 0.224 e. The maximum atomic E-state index is 5.61. The van der Waals surface area contributed by atoms with Crippen molar-refractivity contribution in [2.75, 3.05) is 18.5 Å². The van der Waals surface area contributed by atoms with E-state index in [-0.39, 0.29) is 0 Å². The minimum Gasteiger partial charge on any atom is -0.490 e. The van der Waals surface area contributed by atoms with Gasteiger partial charge in [0, 0.05) is 13.6 Å². The van der Waals surface area contributed by atoms with E-state index in [1.165, 1.54) is 0 Å². The van der Waals surface area contributed by atoms with Gasteiger partial charge in [-0.2, -0.15) is 0 Å². The van der Waals surface area contributed by atoms with Crippen LogP contribution in [0.1, 0.15) is 19.4 Å². The highest BCUT2D eigenvalue weighted by atomic mass is 16.5. The van der Waals surface area contributed by atoms with E-state index in [0.29, 0.717) is 19.8 Å². The Morgan fingerprint density at radius 2 is 1.90 bits per heavy atom. The molecule has 0 spiro atoms. The lowest BCUT2D eigenvalue weighted by molar-refractivity contribution is 0.287. The second-order valence-electron chi connectivity index (χ2n) is 4.27. The van der Waals surface area contributed by atoms with Gasteiger partial charge in [0.1, 0.15) is 6.33 Å². The van der Waals surface area contributed by atoms with Crippen molar-refractivity contribution in [3.8, 4) is 11.5 Å². The molecule has 2 rings (SSSR count). The summed E-state index contributed by atoms with van der Waals surface area (Å²) in [6.45, 7) is 5.80. The second-order valence-corrected chi connectivity index (χ2v) is 4.27. The zero-order valence-corrected chi connectivity index (χ0v) is 12.1. The third-order valence-corrected chi connectivity index (χ3v) is 2.77. The van der Waals surface area contributed by atoms with Crippen molar-refractivity contribution >= 4 is 5.95 Å². The van der Waals surface area contributed by atoms with E-state index in [4.69, 9.17) is 9.47 Å². The molecule has 0 aliphatic heterocycles. The zero-order valence-electron chi connectivity index (χ0n) is 12.1. The monoisotopic (exact) mass is 276 g/mol. The summed E-state index contributed by atoms with van der Waals surface area (Å²) in [6, 6.07) is 5.93. The number of aromatic nitrogens is 3. The topological polar surface area (TPSA) is 61.2 Å². The molecule has 1 aromatic heterocycles. The van der Waals surface area contributed by atoms with Gasteiger partial charge in [-0.05, 0) is 31.5 Å². The molecule has 0 bridgehead atoms. The van der Waals surface area contributed by atoms with E-state index >= 15 is 0 Å². The van der Waals surface area contributed by atoms with Gasteiger partial charge in [0.05, 0.1) is 13.2 Å². The van der Waals surface area contributed by atoms with Gasteiger partial charge in [0.15, 0.2) is 11.5 Å². The third-order valence-electron chi connectivity index (χ3n) is 2.77. The van der Waals surface area contributed by atoms with Gasteiger partial charge in [-0.25, -0.2) is 0 Å². The first-order valence-corrected chi connectivity index (χ1v) is 6.71. The van der Waals surface area contributed by atoms with Crippen LogP contribution in [-0.4, -0.2) is 28.0 Å². The molecule has 6 nitrogen and oxygen atoms in total. The normalized spacial score (nSPS) is 10.3. The zero-order chi connectivity index (χ0) is 14.4. The summed E-state index contributed by atoms with van der Waals surface area (Å²) >= 11 is 0. The molecule has 0 aliphatic carbocycles. The molecule has 1 heterocycles. The fourth-order valence-corrected chi connectivity index (χ4v) is 1.83. The Balaban J connectivity index is 2.08. The number of nitrogens with one attached hydrogen (secondary N) is 1. The Kier molecular flexibility index (Phi) is 4.81. The van der Waals surface area contributed by atoms with Crippen molar-refractivity contribution in [2.45, 2.75) is 20.4 Å². The largest absolute Gasteiger partial charge is 0.490 e. The van der Waals surface area contributed by atoms with Gasteiger partial charge in [0.2, 0.25) is 5.95 Å². The summed E-state index contributed by atoms with van der Waals surface area (Å²) in [4.78, 5) is 0. The Hall–Kier alpha value is -2.24. The van der Waals surface area contributed by atoms with Crippen LogP contribution in [-0.2, 0) is 13.6 Å². The summed E-state index contributed by atoms with van der Waals surface area (Å²) in [5.74, 6) is 2.28. The highest BCUT2D eigenvalue weighted by Gasteiger charge is 2.07. The Morgan fingerprint density at radius 1 is 1.15 bits per heavy atom. The van der Waals surface area contributed by atoms with Gasteiger partial charge in [0.25, 0.3) is 0 Å². The molecule has 2 aromatic rings. The predicted molar refractivity (Wildman–Crippen MR) is 77.1 cm³/mol. The van der Waals surface area contributed by atoms with Crippen LogP contribution in [0.2, 0.25) is 0 Å². The maximum absolute atomic E-state index is 5.61. The van der Waals surface area contributed by atoms with Crippen LogP contribution in [0, 0.1) is 0 Å². The molecule has 0 aliphatic rings. The van der Waals surface area contributed by atoms with E-state index in [2.05, 4.69) is 15.5 Å². The summed E-state index contributed by atoms with van der Waals surface area (Å²) in [6.07, 6.45) is 1.66. The lowest BCUT2D eigenvalue weighted by atomic mass is 10.2. The SMILES string of the molecule is CCOc1ccc(CNc2nncn2C)cc1OCC. The molecule has 0 saturated carbocycles. The smallest absolute Gasteiger partial charge is 0.224 e. The number of aryl methyl sites for hydroxylation is 1. The number of hydrogen-bond donors (Lipinski definition) is 1. The van der Waals surface area contributed by atoms with E-state index in [9.17, 15) is 0 Å². The molecular weight excluding hydrogens is 256 g/mol. The molecule has 0 unspecified atom stereocenters. The van der Waals surface area contributed by atoms with Crippen molar-refractivity contribution in [1.82, 2.24) is 14.8 Å². The molecular formula is C14H20N4O2. The van der Waals surface area contributed by atoms with Crippen molar-refractivity contribution < 1.29 is 9.47 Å². The number of rotatable bonds is 7. The van der Waals surface area contributed by atoms with Crippen LogP contribution in [0.4, 0.5) is 5.95 Å². The summed E-state index contributed by atoms with van der Waals surface area (Å²) in [7, 11) is 1.89. The van der Waals surface area contributed by atoms with Crippen LogP contribution in [0.5, 0.6) is 11.5 Å². The number of nitrogens with zero attached hydrogens (tertiary/aromatic N) is 3. The number of hydrogen-bond acceptors (Lipinski definition) is 5. The molecule has 0 atom stereocenters. The Morgan fingerprint density at radius 3 is 2.55 bits per heavy atom. The van der Waals surface area contributed by atoms with Crippen molar-refractivity contribution in [1.29, 1.82) is 0 Å². The molecule has 20 heavy (non-hydrogen) atoms. The van der Waals surface area contributed by atoms with Crippen molar-refractivity contribution in [3.63, 3.8) is 0 Å².